The topological polar surface area (TPSA) is 20.2 Å². The van der Waals surface area contributed by atoms with Crippen LogP contribution in [0.4, 0.5) is 13.2 Å². The molecule has 1 aromatic rings. The fourth-order valence-corrected chi connectivity index (χ4v) is 1.81. The lowest BCUT2D eigenvalue weighted by atomic mass is 10.0. The summed E-state index contributed by atoms with van der Waals surface area (Å²) in [6.07, 6.45) is -4.42. The third-order valence-corrected chi connectivity index (χ3v) is 2.36. The van der Waals surface area contributed by atoms with Crippen LogP contribution in [0.15, 0.2) is 16.6 Å². The molecular formula is C9H8BrF3O. The van der Waals surface area contributed by atoms with Crippen LogP contribution in [0.1, 0.15) is 16.7 Å². The molecule has 0 bridgehead atoms. The Morgan fingerprint density at radius 3 is 2.36 bits per heavy atom. The first-order valence-electron chi connectivity index (χ1n) is 3.83. The monoisotopic (exact) mass is 268 g/mol. The summed E-state index contributed by atoms with van der Waals surface area (Å²) in [4.78, 5) is 0. The fourth-order valence-electron chi connectivity index (χ4n) is 1.24. The Labute approximate surface area is 87.7 Å². The van der Waals surface area contributed by atoms with E-state index in [9.17, 15) is 13.2 Å². The van der Waals surface area contributed by atoms with Gasteiger partial charge in [0.15, 0.2) is 0 Å². The third-order valence-electron chi connectivity index (χ3n) is 1.90. The minimum atomic E-state index is -4.42. The van der Waals surface area contributed by atoms with E-state index in [1.165, 1.54) is 6.92 Å². The molecule has 0 heterocycles. The van der Waals surface area contributed by atoms with E-state index in [0.29, 0.717) is 10.0 Å². The molecule has 1 rings (SSSR count). The van der Waals surface area contributed by atoms with Gasteiger partial charge in [-0.1, -0.05) is 15.9 Å². The van der Waals surface area contributed by atoms with E-state index in [0.717, 1.165) is 6.07 Å². The minimum Gasteiger partial charge on any atom is -0.392 e. The second kappa shape index (κ2) is 3.90. The smallest absolute Gasteiger partial charge is 0.392 e. The summed E-state index contributed by atoms with van der Waals surface area (Å²) < 4.78 is 37.8. The van der Waals surface area contributed by atoms with Crippen molar-refractivity contribution in [2.45, 2.75) is 19.7 Å². The zero-order valence-corrected chi connectivity index (χ0v) is 8.91. The van der Waals surface area contributed by atoms with Crippen LogP contribution in [0.3, 0.4) is 0 Å². The molecule has 1 N–H and O–H groups in total. The van der Waals surface area contributed by atoms with Crippen LogP contribution in [0.25, 0.3) is 0 Å². The van der Waals surface area contributed by atoms with Crippen LogP contribution < -0.4 is 0 Å². The molecule has 0 aliphatic rings. The van der Waals surface area contributed by atoms with Crippen LogP contribution in [0, 0.1) is 6.92 Å². The van der Waals surface area contributed by atoms with E-state index in [2.05, 4.69) is 15.9 Å². The summed E-state index contributed by atoms with van der Waals surface area (Å²) in [5, 5.41) is 8.84. The zero-order valence-electron chi connectivity index (χ0n) is 7.32. The van der Waals surface area contributed by atoms with Gasteiger partial charge in [-0.15, -0.1) is 0 Å². The van der Waals surface area contributed by atoms with Gasteiger partial charge in [-0.25, -0.2) is 0 Å². The molecule has 0 radical (unpaired) electrons. The van der Waals surface area contributed by atoms with E-state index in [-0.39, 0.29) is 5.56 Å². The quantitative estimate of drug-likeness (QED) is 0.829. The molecule has 0 unspecified atom stereocenters. The number of rotatable bonds is 1. The molecule has 0 aromatic heterocycles. The van der Waals surface area contributed by atoms with Gasteiger partial charge in [-0.05, 0) is 30.2 Å². The molecule has 0 aliphatic carbocycles. The van der Waals surface area contributed by atoms with Gasteiger partial charge in [0.05, 0.1) is 12.2 Å². The second-order valence-corrected chi connectivity index (χ2v) is 3.82. The average Bonchev–Trinajstić information content (AvgIpc) is 2.01. The molecular weight excluding hydrogens is 261 g/mol. The molecule has 0 spiro atoms. The second-order valence-electron chi connectivity index (χ2n) is 2.90. The lowest BCUT2D eigenvalue weighted by Crippen LogP contribution is -2.10. The maximum atomic E-state index is 12.5. The molecule has 1 aromatic carbocycles. The summed E-state index contributed by atoms with van der Waals surface area (Å²) in [7, 11) is 0. The van der Waals surface area contributed by atoms with E-state index in [1.807, 2.05) is 0 Å². The maximum absolute atomic E-state index is 12.5. The number of aliphatic hydroxyl groups excluding tert-OH is 1. The Kier molecular flexibility index (Phi) is 3.21. The molecule has 78 valence electrons. The zero-order chi connectivity index (χ0) is 10.9. The summed E-state index contributed by atoms with van der Waals surface area (Å²) in [6, 6.07) is 2.51. The van der Waals surface area contributed by atoms with Crippen molar-refractivity contribution in [2.75, 3.05) is 0 Å². The van der Waals surface area contributed by atoms with Crippen molar-refractivity contribution in [3.63, 3.8) is 0 Å². The van der Waals surface area contributed by atoms with E-state index in [1.54, 1.807) is 6.07 Å². The summed E-state index contributed by atoms with van der Waals surface area (Å²) in [5.74, 6) is 0. The summed E-state index contributed by atoms with van der Waals surface area (Å²) >= 11 is 2.99. The van der Waals surface area contributed by atoms with Crippen molar-refractivity contribution in [1.29, 1.82) is 0 Å². The van der Waals surface area contributed by atoms with E-state index in [4.69, 9.17) is 5.11 Å². The van der Waals surface area contributed by atoms with Gasteiger partial charge in [-0.2, -0.15) is 13.2 Å². The highest BCUT2D eigenvalue weighted by atomic mass is 79.9. The highest BCUT2D eigenvalue weighted by Gasteiger charge is 2.33. The molecule has 0 atom stereocenters. The minimum absolute atomic E-state index is 0.0688. The Hall–Kier alpha value is -0.550. The van der Waals surface area contributed by atoms with Gasteiger partial charge >= 0.3 is 6.18 Å². The summed E-state index contributed by atoms with van der Waals surface area (Å²) in [6.45, 7) is 0.930. The number of aryl methyl sites for hydroxylation is 1. The van der Waals surface area contributed by atoms with Crippen LogP contribution in [0.2, 0.25) is 0 Å². The third kappa shape index (κ3) is 2.27. The first-order chi connectivity index (χ1) is 6.36. The van der Waals surface area contributed by atoms with Gasteiger partial charge in [0, 0.05) is 4.47 Å². The van der Waals surface area contributed by atoms with Gasteiger partial charge in [0.1, 0.15) is 0 Å². The molecule has 0 saturated carbocycles. The van der Waals surface area contributed by atoms with Crippen LogP contribution in [-0.2, 0) is 12.8 Å². The normalized spacial score (nSPS) is 11.9. The predicted octanol–water partition coefficient (Wildman–Crippen LogP) is 3.27. The lowest BCUT2D eigenvalue weighted by molar-refractivity contribution is -0.138. The molecule has 0 amide bonds. The molecule has 1 nitrogen and oxygen atoms in total. The van der Waals surface area contributed by atoms with Crippen molar-refractivity contribution in [3.8, 4) is 0 Å². The number of halogens is 4. The van der Waals surface area contributed by atoms with Gasteiger partial charge < -0.3 is 5.11 Å². The fraction of sp³-hybridized carbons (Fsp3) is 0.333. The van der Waals surface area contributed by atoms with E-state index < -0.39 is 18.3 Å². The van der Waals surface area contributed by atoms with Crippen molar-refractivity contribution >= 4 is 15.9 Å². The number of benzene rings is 1. The maximum Gasteiger partial charge on any atom is 0.416 e. The molecule has 14 heavy (non-hydrogen) atoms. The van der Waals surface area contributed by atoms with E-state index >= 15 is 0 Å². The highest BCUT2D eigenvalue weighted by molar-refractivity contribution is 9.10. The average molecular weight is 269 g/mol. The predicted molar refractivity (Wildman–Crippen MR) is 49.8 cm³/mol. The SMILES string of the molecule is Cc1cc(Br)cc(C(F)(F)F)c1CO. The largest absolute Gasteiger partial charge is 0.416 e. The van der Waals surface area contributed by atoms with Crippen molar-refractivity contribution in [3.05, 3.63) is 33.3 Å². The number of hydrogen-bond acceptors (Lipinski definition) is 1. The van der Waals surface area contributed by atoms with Gasteiger partial charge in [0.25, 0.3) is 0 Å². The van der Waals surface area contributed by atoms with Gasteiger partial charge in [0.2, 0.25) is 0 Å². The number of aliphatic hydroxyl groups is 1. The summed E-state index contributed by atoms with van der Waals surface area (Å²) in [5.41, 5.74) is -0.429. The number of hydrogen-bond donors (Lipinski definition) is 1. The Balaban J connectivity index is 3.40. The van der Waals surface area contributed by atoms with Crippen LogP contribution in [-0.4, -0.2) is 5.11 Å². The first kappa shape index (κ1) is 11.5. The lowest BCUT2D eigenvalue weighted by Gasteiger charge is -2.14. The van der Waals surface area contributed by atoms with Crippen LogP contribution >= 0.6 is 15.9 Å². The molecule has 5 heteroatoms. The first-order valence-corrected chi connectivity index (χ1v) is 4.62. The van der Waals surface area contributed by atoms with Crippen molar-refractivity contribution in [1.82, 2.24) is 0 Å². The Bertz CT molecular complexity index is 347. The molecule has 0 fully saturated rings. The standard InChI is InChI=1S/C9H8BrF3O/c1-5-2-6(10)3-8(7(5)4-14)9(11,12)13/h2-3,14H,4H2,1H3. The Morgan fingerprint density at radius 2 is 1.93 bits per heavy atom. The van der Waals surface area contributed by atoms with Gasteiger partial charge in [-0.3, -0.25) is 0 Å². The van der Waals surface area contributed by atoms with Crippen LogP contribution in [0.5, 0.6) is 0 Å². The molecule has 0 saturated heterocycles. The highest BCUT2D eigenvalue weighted by Crippen LogP contribution is 2.35. The van der Waals surface area contributed by atoms with Crippen molar-refractivity contribution in [2.24, 2.45) is 0 Å². The Morgan fingerprint density at radius 1 is 1.36 bits per heavy atom. The van der Waals surface area contributed by atoms with Crippen molar-refractivity contribution < 1.29 is 18.3 Å². The molecule has 0 aliphatic heterocycles. The number of alkyl halides is 3.